The zero-order valence-corrected chi connectivity index (χ0v) is 22.2. The summed E-state index contributed by atoms with van der Waals surface area (Å²) in [5.74, 6) is -0.693. The maximum absolute atomic E-state index is 14.2. The Hall–Kier alpha value is -5.34. The van der Waals surface area contributed by atoms with Crippen molar-refractivity contribution in [3.8, 4) is 23.2 Å². The summed E-state index contributed by atoms with van der Waals surface area (Å²) in [6.07, 6.45) is 2.55. The Labute approximate surface area is 238 Å². The van der Waals surface area contributed by atoms with E-state index in [0.717, 1.165) is 12.5 Å². The largest absolute Gasteiger partial charge is 0.478 e. The van der Waals surface area contributed by atoms with Gasteiger partial charge in [-0.3, -0.25) is 4.79 Å². The molecule has 210 valence electrons. The number of imidazole rings is 1. The van der Waals surface area contributed by atoms with Crippen molar-refractivity contribution in [2.24, 2.45) is 0 Å². The average molecular weight is 566 g/mol. The van der Waals surface area contributed by atoms with Crippen LogP contribution in [0.4, 0.5) is 4.39 Å². The number of halogens is 1. The second-order valence-electron chi connectivity index (χ2n) is 9.88. The monoisotopic (exact) mass is 565 g/mol. The van der Waals surface area contributed by atoms with Crippen LogP contribution in [0.25, 0.3) is 22.3 Å². The molecule has 4 heterocycles. The standard InChI is InChI=1S/C31H24FN5O5/c32-24-12-19(15-33)4-5-22(24)18-42-29-3-1-2-25(35-29)20-8-10-36(30(38)14-20)17-28-34-26-7-6-21(31(39)40)13-27(26)37(28)16-23-9-11-41-23/h1-8,10,12-14,23H,9,11,16-18H2,(H,39,40). The van der Waals surface area contributed by atoms with Crippen LogP contribution in [0.1, 0.15) is 33.7 Å². The van der Waals surface area contributed by atoms with E-state index in [1.807, 2.05) is 10.6 Å². The van der Waals surface area contributed by atoms with E-state index in [0.29, 0.717) is 41.3 Å². The number of rotatable bonds is 9. The molecular formula is C31H24FN5O5. The minimum atomic E-state index is -1.03. The molecule has 1 N–H and O–H groups in total. The van der Waals surface area contributed by atoms with E-state index in [9.17, 15) is 19.1 Å². The molecule has 1 unspecified atom stereocenters. The third-order valence-electron chi connectivity index (χ3n) is 7.14. The van der Waals surface area contributed by atoms with Crippen LogP contribution in [0.15, 0.2) is 77.7 Å². The van der Waals surface area contributed by atoms with Crippen LogP contribution in [0, 0.1) is 17.1 Å². The van der Waals surface area contributed by atoms with Crippen molar-refractivity contribution in [3.63, 3.8) is 0 Å². The van der Waals surface area contributed by atoms with E-state index in [1.54, 1.807) is 42.6 Å². The Morgan fingerprint density at radius 3 is 2.71 bits per heavy atom. The van der Waals surface area contributed by atoms with E-state index >= 15 is 0 Å². The van der Waals surface area contributed by atoms with Gasteiger partial charge in [-0.2, -0.15) is 5.26 Å². The Morgan fingerprint density at radius 2 is 2.00 bits per heavy atom. The van der Waals surface area contributed by atoms with Gasteiger partial charge >= 0.3 is 5.97 Å². The van der Waals surface area contributed by atoms with E-state index in [2.05, 4.69) is 4.98 Å². The second kappa shape index (κ2) is 11.3. The number of aromatic carboxylic acids is 1. The number of nitriles is 1. The second-order valence-corrected chi connectivity index (χ2v) is 9.88. The molecule has 2 aromatic carbocycles. The molecule has 0 saturated carbocycles. The number of benzene rings is 2. The first kappa shape index (κ1) is 26.9. The minimum absolute atomic E-state index is 0.00251. The fourth-order valence-electron chi connectivity index (χ4n) is 4.75. The van der Waals surface area contributed by atoms with Crippen LogP contribution in [0.2, 0.25) is 0 Å². The predicted molar refractivity (Wildman–Crippen MR) is 150 cm³/mol. The van der Waals surface area contributed by atoms with Gasteiger partial charge in [-0.25, -0.2) is 19.2 Å². The van der Waals surface area contributed by atoms with Crippen molar-refractivity contribution >= 4 is 17.0 Å². The van der Waals surface area contributed by atoms with Gasteiger partial charge in [0, 0.05) is 36.1 Å². The number of carboxylic acid groups (broad SMARTS) is 1. The Kier molecular flexibility index (Phi) is 7.21. The molecule has 0 radical (unpaired) electrons. The highest BCUT2D eigenvalue weighted by atomic mass is 19.1. The van der Waals surface area contributed by atoms with E-state index < -0.39 is 11.8 Å². The first-order valence-electron chi connectivity index (χ1n) is 13.2. The summed E-state index contributed by atoms with van der Waals surface area (Å²) in [6, 6.07) is 19.2. The van der Waals surface area contributed by atoms with Crippen molar-refractivity contribution in [2.75, 3.05) is 6.61 Å². The molecule has 0 spiro atoms. The van der Waals surface area contributed by atoms with Gasteiger partial charge in [-0.15, -0.1) is 0 Å². The summed E-state index contributed by atoms with van der Waals surface area (Å²) in [4.78, 5) is 33.9. The summed E-state index contributed by atoms with van der Waals surface area (Å²) in [6.45, 7) is 1.29. The highest BCUT2D eigenvalue weighted by molar-refractivity contribution is 5.92. The van der Waals surface area contributed by atoms with Gasteiger partial charge in [0.25, 0.3) is 5.56 Å². The lowest BCUT2D eigenvalue weighted by molar-refractivity contribution is -0.0590. The van der Waals surface area contributed by atoms with Crippen molar-refractivity contribution in [3.05, 3.63) is 112 Å². The first-order valence-corrected chi connectivity index (χ1v) is 13.2. The smallest absolute Gasteiger partial charge is 0.335 e. The quantitative estimate of drug-likeness (QED) is 0.278. The maximum Gasteiger partial charge on any atom is 0.335 e. The zero-order valence-electron chi connectivity index (χ0n) is 22.2. The average Bonchev–Trinajstić information content (AvgIpc) is 3.31. The number of carbonyl (C=O) groups is 1. The lowest BCUT2D eigenvalue weighted by Gasteiger charge is -2.27. The van der Waals surface area contributed by atoms with Crippen LogP contribution in [0.5, 0.6) is 5.88 Å². The van der Waals surface area contributed by atoms with Gasteiger partial charge in [0.2, 0.25) is 5.88 Å². The fraction of sp³-hybridized carbons (Fsp3) is 0.194. The minimum Gasteiger partial charge on any atom is -0.478 e. The molecule has 1 atom stereocenters. The van der Waals surface area contributed by atoms with Crippen LogP contribution in [0.3, 0.4) is 0 Å². The Morgan fingerprint density at radius 1 is 1.14 bits per heavy atom. The van der Waals surface area contributed by atoms with Crippen LogP contribution >= 0.6 is 0 Å². The Bertz CT molecular complexity index is 1920. The van der Waals surface area contributed by atoms with Crippen molar-refractivity contribution in [1.29, 1.82) is 5.26 Å². The predicted octanol–water partition coefficient (Wildman–Crippen LogP) is 4.39. The third kappa shape index (κ3) is 5.48. The van der Waals surface area contributed by atoms with Gasteiger partial charge in [-0.1, -0.05) is 12.1 Å². The summed E-state index contributed by atoms with van der Waals surface area (Å²) in [7, 11) is 0. The number of nitrogens with zero attached hydrogens (tertiary/aromatic N) is 5. The number of hydrogen-bond donors (Lipinski definition) is 1. The summed E-state index contributed by atoms with van der Waals surface area (Å²) in [5.41, 5.74) is 2.80. The molecule has 1 fully saturated rings. The van der Waals surface area contributed by atoms with Crippen molar-refractivity contribution in [2.45, 2.75) is 32.2 Å². The van der Waals surface area contributed by atoms with Crippen molar-refractivity contribution < 1.29 is 23.8 Å². The van der Waals surface area contributed by atoms with Crippen LogP contribution in [-0.2, 0) is 24.4 Å². The molecule has 11 heteroatoms. The summed E-state index contributed by atoms with van der Waals surface area (Å²) in [5, 5.41) is 18.4. The van der Waals surface area contributed by atoms with Gasteiger partial charge in [0.15, 0.2) is 0 Å². The highest BCUT2D eigenvalue weighted by Gasteiger charge is 2.23. The number of hydrogen-bond acceptors (Lipinski definition) is 7. The lowest BCUT2D eigenvalue weighted by atomic mass is 10.1. The molecular weight excluding hydrogens is 541 g/mol. The summed E-state index contributed by atoms with van der Waals surface area (Å²) < 4.78 is 28.9. The molecule has 0 aliphatic carbocycles. The highest BCUT2D eigenvalue weighted by Crippen LogP contribution is 2.24. The molecule has 42 heavy (non-hydrogen) atoms. The molecule has 1 aliphatic heterocycles. The molecule has 1 aliphatic rings. The summed E-state index contributed by atoms with van der Waals surface area (Å²) >= 11 is 0. The van der Waals surface area contributed by atoms with E-state index in [-0.39, 0.29) is 47.4 Å². The molecule has 0 amide bonds. The van der Waals surface area contributed by atoms with Gasteiger partial charge < -0.3 is 23.7 Å². The SMILES string of the molecule is N#Cc1ccc(COc2cccc(-c3ccn(Cc4nc5ccc(C(=O)O)cc5n4CC4CCO4)c(=O)c3)n2)c(F)c1. The topological polar surface area (TPSA) is 132 Å². The number of fused-ring (bicyclic) bond motifs is 1. The van der Waals surface area contributed by atoms with Crippen LogP contribution < -0.4 is 10.3 Å². The normalized spacial score (nSPS) is 14.3. The number of aromatic nitrogens is 4. The number of pyridine rings is 2. The zero-order chi connectivity index (χ0) is 29.2. The van der Waals surface area contributed by atoms with E-state index in [1.165, 1.54) is 28.8 Å². The maximum atomic E-state index is 14.2. The van der Waals surface area contributed by atoms with Gasteiger partial charge in [0.1, 0.15) is 18.2 Å². The first-order chi connectivity index (χ1) is 20.4. The third-order valence-corrected chi connectivity index (χ3v) is 7.14. The molecule has 3 aromatic heterocycles. The van der Waals surface area contributed by atoms with Crippen LogP contribution in [-0.4, -0.2) is 42.9 Å². The van der Waals surface area contributed by atoms with Gasteiger partial charge in [0.05, 0.1) is 53.1 Å². The van der Waals surface area contributed by atoms with E-state index in [4.69, 9.17) is 19.7 Å². The van der Waals surface area contributed by atoms with Crippen molar-refractivity contribution in [1.82, 2.24) is 19.1 Å². The molecule has 10 nitrogen and oxygen atoms in total. The number of ether oxygens (including phenoxy) is 2. The number of carboxylic acids is 1. The van der Waals surface area contributed by atoms with Gasteiger partial charge in [-0.05, 0) is 48.9 Å². The lowest BCUT2D eigenvalue weighted by Crippen LogP contribution is -2.32. The molecule has 1 saturated heterocycles. The fourth-order valence-corrected chi connectivity index (χ4v) is 4.75. The molecule has 5 aromatic rings. The Balaban J connectivity index is 1.23. The molecule has 6 rings (SSSR count). The molecule has 0 bridgehead atoms.